The van der Waals surface area contributed by atoms with E-state index in [2.05, 4.69) is 0 Å². The highest BCUT2D eigenvalue weighted by molar-refractivity contribution is 6.17. The molecule has 3 heteroatoms. The number of halogens is 1. The average molecular weight is 201 g/mol. The SMILES string of the molecule is Oc1ccc(C(O)CCCCl)cc1. The normalized spacial score (nSPS) is 12.8. The maximum absolute atomic E-state index is 9.60. The Morgan fingerprint density at radius 1 is 1.23 bits per heavy atom. The van der Waals surface area contributed by atoms with Crippen LogP contribution in [0.3, 0.4) is 0 Å². The lowest BCUT2D eigenvalue weighted by molar-refractivity contribution is 0.166. The first kappa shape index (κ1) is 10.4. The van der Waals surface area contributed by atoms with Crippen molar-refractivity contribution < 1.29 is 10.2 Å². The van der Waals surface area contributed by atoms with Crippen LogP contribution in [0.15, 0.2) is 24.3 Å². The van der Waals surface area contributed by atoms with Crippen LogP contribution in [0.2, 0.25) is 0 Å². The van der Waals surface area contributed by atoms with E-state index >= 15 is 0 Å². The Hall–Kier alpha value is -0.730. The number of aromatic hydroxyl groups is 1. The molecule has 13 heavy (non-hydrogen) atoms. The molecule has 0 fully saturated rings. The number of hydrogen-bond donors (Lipinski definition) is 2. The Labute approximate surface area is 82.8 Å². The van der Waals surface area contributed by atoms with Gasteiger partial charge in [-0.3, -0.25) is 0 Å². The van der Waals surface area contributed by atoms with Crippen LogP contribution in [0.25, 0.3) is 0 Å². The second-order valence-electron chi connectivity index (χ2n) is 2.94. The molecule has 0 aliphatic carbocycles. The van der Waals surface area contributed by atoms with Gasteiger partial charge in [-0.25, -0.2) is 0 Å². The Morgan fingerprint density at radius 3 is 2.38 bits per heavy atom. The minimum absolute atomic E-state index is 0.216. The van der Waals surface area contributed by atoms with Crippen molar-refractivity contribution >= 4 is 11.6 Å². The van der Waals surface area contributed by atoms with E-state index in [0.717, 1.165) is 12.0 Å². The third-order valence-electron chi connectivity index (χ3n) is 1.89. The van der Waals surface area contributed by atoms with Crippen LogP contribution in [0.1, 0.15) is 24.5 Å². The molecule has 0 spiro atoms. The molecule has 1 atom stereocenters. The fourth-order valence-electron chi connectivity index (χ4n) is 1.13. The number of hydrogen-bond acceptors (Lipinski definition) is 2. The first-order valence-corrected chi connectivity index (χ1v) is 4.80. The van der Waals surface area contributed by atoms with Crippen molar-refractivity contribution in [2.45, 2.75) is 18.9 Å². The minimum atomic E-state index is -0.473. The summed E-state index contributed by atoms with van der Waals surface area (Å²) in [5.74, 6) is 0.781. The summed E-state index contributed by atoms with van der Waals surface area (Å²) in [7, 11) is 0. The van der Waals surface area contributed by atoms with Gasteiger partial charge in [0.15, 0.2) is 0 Å². The predicted octanol–water partition coefficient (Wildman–Crippen LogP) is 2.44. The van der Waals surface area contributed by atoms with Crippen molar-refractivity contribution in [2.24, 2.45) is 0 Å². The highest BCUT2D eigenvalue weighted by atomic mass is 35.5. The second kappa shape index (κ2) is 5.10. The van der Waals surface area contributed by atoms with Gasteiger partial charge in [0.1, 0.15) is 5.75 Å². The van der Waals surface area contributed by atoms with E-state index < -0.39 is 6.10 Å². The summed E-state index contributed by atoms with van der Waals surface area (Å²) in [6.45, 7) is 0. The molecule has 2 N–H and O–H groups in total. The van der Waals surface area contributed by atoms with Gasteiger partial charge < -0.3 is 10.2 Å². The van der Waals surface area contributed by atoms with E-state index in [9.17, 15) is 5.11 Å². The van der Waals surface area contributed by atoms with Crippen LogP contribution in [0.5, 0.6) is 5.75 Å². The van der Waals surface area contributed by atoms with Crippen LogP contribution in [-0.4, -0.2) is 16.1 Å². The summed E-state index contributed by atoms with van der Waals surface area (Å²) in [6.07, 6.45) is 0.983. The van der Waals surface area contributed by atoms with Gasteiger partial charge in [0.2, 0.25) is 0 Å². The van der Waals surface area contributed by atoms with E-state index in [1.54, 1.807) is 24.3 Å². The summed E-state index contributed by atoms with van der Waals surface area (Å²) in [5, 5.41) is 18.6. The number of rotatable bonds is 4. The van der Waals surface area contributed by atoms with E-state index in [4.69, 9.17) is 16.7 Å². The molecular weight excluding hydrogens is 188 g/mol. The predicted molar refractivity (Wildman–Crippen MR) is 53.0 cm³/mol. The standard InChI is InChI=1S/C10H13ClO2/c11-7-1-2-10(13)8-3-5-9(12)6-4-8/h3-6,10,12-13H,1-2,7H2. The van der Waals surface area contributed by atoms with Crippen molar-refractivity contribution in [3.8, 4) is 5.75 Å². The fraction of sp³-hybridized carbons (Fsp3) is 0.400. The van der Waals surface area contributed by atoms with Crippen molar-refractivity contribution in [3.05, 3.63) is 29.8 Å². The van der Waals surface area contributed by atoms with Gasteiger partial charge in [0.25, 0.3) is 0 Å². The van der Waals surface area contributed by atoms with Crippen molar-refractivity contribution in [3.63, 3.8) is 0 Å². The number of phenols is 1. The summed E-state index contributed by atoms with van der Waals surface area (Å²) in [5.41, 5.74) is 0.822. The average Bonchev–Trinajstić information content (AvgIpc) is 2.15. The van der Waals surface area contributed by atoms with Gasteiger partial charge in [-0.05, 0) is 30.5 Å². The van der Waals surface area contributed by atoms with Crippen molar-refractivity contribution in [2.75, 3.05) is 5.88 Å². The number of aliphatic hydroxyl groups excluding tert-OH is 1. The maximum Gasteiger partial charge on any atom is 0.115 e. The van der Waals surface area contributed by atoms with Crippen molar-refractivity contribution in [1.82, 2.24) is 0 Å². The Bertz CT molecular complexity index is 246. The summed E-state index contributed by atoms with van der Waals surface area (Å²) in [6, 6.07) is 6.57. The Kier molecular flexibility index (Phi) is 4.06. The molecule has 0 aliphatic rings. The summed E-state index contributed by atoms with van der Waals surface area (Å²) in [4.78, 5) is 0. The largest absolute Gasteiger partial charge is 0.508 e. The maximum atomic E-state index is 9.60. The topological polar surface area (TPSA) is 40.5 Å². The van der Waals surface area contributed by atoms with Gasteiger partial charge >= 0.3 is 0 Å². The van der Waals surface area contributed by atoms with Gasteiger partial charge in [-0.1, -0.05) is 12.1 Å². The number of benzene rings is 1. The molecular formula is C10H13ClO2. The molecule has 1 aromatic rings. The van der Waals surface area contributed by atoms with Crippen LogP contribution in [-0.2, 0) is 0 Å². The van der Waals surface area contributed by atoms with E-state index in [-0.39, 0.29) is 5.75 Å². The quantitative estimate of drug-likeness (QED) is 0.733. The molecule has 1 aromatic carbocycles. The lowest BCUT2D eigenvalue weighted by Crippen LogP contribution is -1.97. The minimum Gasteiger partial charge on any atom is -0.508 e. The zero-order chi connectivity index (χ0) is 9.68. The molecule has 1 unspecified atom stereocenters. The number of aliphatic hydroxyl groups is 1. The number of alkyl halides is 1. The van der Waals surface area contributed by atoms with Crippen LogP contribution in [0.4, 0.5) is 0 Å². The van der Waals surface area contributed by atoms with Crippen LogP contribution < -0.4 is 0 Å². The third kappa shape index (κ3) is 3.25. The molecule has 0 radical (unpaired) electrons. The molecule has 0 aliphatic heterocycles. The molecule has 72 valence electrons. The van der Waals surface area contributed by atoms with Crippen LogP contribution >= 0.6 is 11.6 Å². The van der Waals surface area contributed by atoms with Gasteiger partial charge in [0, 0.05) is 5.88 Å². The molecule has 2 nitrogen and oxygen atoms in total. The van der Waals surface area contributed by atoms with E-state index in [1.165, 1.54) is 0 Å². The highest BCUT2D eigenvalue weighted by Gasteiger charge is 2.05. The van der Waals surface area contributed by atoms with Gasteiger partial charge in [-0.15, -0.1) is 11.6 Å². The highest BCUT2D eigenvalue weighted by Crippen LogP contribution is 2.20. The zero-order valence-electron chi connectivity index (χ0n) is 7.28. The molecule has 0 amide bonds. The number of phenolic OH excluding ortho intramolecular Hbond substituents is 1. The molecule has 0 aromatic heterocycles. The van der Waals surface area contributed by atoms with Gasteiger partial charge in [0.05, 0.1) is 6.10 Å². The Morgan fingerprint density at radius 2 is 1.85 bits per heavy atom. The third-order valence-corrected chi connectivity index (χ3v) is 2.16. The first-order valence-electron chi connectivity index (χ1n) is 4.27. The second-order valence-corrected chi connectivity index (χ2v) is 3.32. The monoisotopic (exact) mass is 200 g/mol. The van der Waals surface area contributed by atoms with E-state index in [1.807, 2.05) is 0 Å². The molecule has 0 saturated heterocycles. The summed E-state index contributed by atoms with van der Waals surface area (Å²) < 4.78 is 0. The Balaban J connectivity index is 2.55. The van der Waals surface area contributed by atoms with Gasteiger partial charge in [-0.2, -0.15) is 0 Å². The molecule has 0 bridgehead atoms. The zero-order valence-corrected chi connectivity index (χ0v) is 8.04. The lowest BCUT2D eigenvalue weighted by Gasteiger charge is -2.09. The van der Waals surface area contributed by atoms with E-state index in [0.29, 0.717) is 12.3 Å². The lowest BCUT2D eigenvalue weighted by atomic mass is 10.1. The van der Waals surface area contributed by atoms with Crippen LogP contribution in [0, 0.1) is 0 Å². The molecule has 0 saturated carbocycles. The first-order chi connectivity index (χ1) is 6.24. The molecule has 1 rings (SSSR count). The molecule has 0 heterocycles. The summed E-state index contributed by atoms with van der Waals surface area (Å²) >= 11 is 5.51. The smallest absolute Gasteiger partial charge is 0.115 e. The fourth-order valence-corrected chi connectivity index (χ4v) is 1.29. The van der Waals surface area contributed by atoms with Crippen molar-refractivity contribution in [1.29, 1.82) is 0 Å².